The van der Waals surface area contributed by atoms with Crippen LogP contribution in [0.5, 0.6) is 0 Å². The Morgan fingerprint density at radius 2 is 2.00 bits per heavy atom. The molecule has 4 nitrogen and oxygen atoms in total. The maximum absolute atomic E-state index is 12.5. The molecule has 1 aromatic rings. The molecular formula is C15H17F3N2O2S. The number of hydrogen-bond acceptors (Lipinski definition) is 3. The summed E-state index contributed by atoms with van der Waals surface area (Å²) in [6.45, 7) is 0.361. The summed E-state index contributed by atoms with van der Waals surface area (Å²) in [5.74, 6) is -0.653. The maximum Gasteiger partial charge on any atom is 0.406 e. The summed E-state index contributed by atoms with van der Waals surface area (Å²) in [6, 6.07) is 6.88. The van der Waals surface area contributed by atoms with Gasteiger partial charge >= 0.3 is 6.18 Å². The smallest absolute Gasteiger partial charge is 0.333 e. The van der Waals surface area contributed by atoms with Crippen LogP contribution in [-0.4, -0.2) is 41.2 Å². The van der Waals surface area contributed by atoms with Gasteiger partial charge in [-0.05, 0) is 37.1 Å². The number of alkyl halides is 3. The number of anilines is 1. The molecule has 1 N–H and O–H groups in total. The number of hydrogen-bond donors (Lipinski definition) is 1. The minimum atomic E-state index is -4.37. The number of piperidine rings is 1. The van der Waals surface area contributed by atoms with Gasteiger partial charge in [0, 0.05) is 24.1 Å². The van der Waals surface area contributed by atoms with Crippen LogP contribution in [0.1, 0.15) is 19.8 Å². The third-order valence-electron chi connectivity index (χ3n) is 3.30. The lowest BCUT2D eigenvalue weighted by Crippen LogP contribution is -2.47. The molecule has 1 unspecified atom stereocenters. The highest BCUT2D eigenvalue weighted by Crippen LogP contribution is 2.32. The molecule has 1 aliphatic heterocycles. The van der Waals surface area contributed by atoms with Crippen molar-refractivity contribution in [1.29, 1.82) is 0 Å². The van der Waals surface area contributed by atoms with E-state index in [1.54, 1.807) is 24.3 Å². The molecule has 0 aliphatic carbocycles. The minimum absolute atomic E-state index is 0.150. The molecule has 0 aromatic heterocycles. The molecule has 0 spiro atoms. The van der Waals surface area contributed by atoms with Crippen LogP contribution >= 0.6 is 11.8 Å². The monoisotopic (exact) mass is 346 g/mol. The Bertz CT molecular complexity index is 575. The highest BCUT2D eigenvalue weighted by Gasteiger charge is 2.37. The molecule has 0 radical (unpaired) electrons. The van der Waals surface area contributed by atoms with E-state index in [1.807, 2.05) is 0 Å². The largest absolute Gasteiger partial charge is 0.406 e. The third-order valence-corrected chi connectivity index (χ3v) is 4.57. The standard InChI is InChI=1S/C15H17F3N2O2S/c1-10(21)19-11-4-6-12(7-5-11)23-13-3-2-8-20(14(13)22)9-15(16,17)18/h4-7,13H,2-3,8-9H2,1H3,(H,19,21). The van der Waals surface area contributed by atoms with Crippen LogP contribution in [0, 0.1) is 0 Å². The molecule has 1 saturated heterocycles. The number of amides is 2. The van der Waals surface area contributed by atoms with E-state index < -0.39 is 23.9 Å². The fourth-order valence-electron chi connectivity index (χ4n) is 2.37. The first kappa shape index (κ1) is 17.7. The van der Waals surface area contributed by atoms with Gasteiger partial charge in [0.1, 0.15) is 6.54 Å². The Morgan fingerprint density at radius 3 is 2.57 bits per heavy atom. The number of rotatable bonds is 4. The van der Waals surface area contributed by atoms with Crippen molar-refractivity contribution in [2.75, 3.05) is 18.4 Å². The van der Waals surface area contributed by atoms with Gasteiger partial charge in [-0.25, -0.2) is 0 Å². The fraction of sp³-hybridized carbons (Fsp3) is 0.467. The summed E-state index contributed by atoms with van der Waals surface area (Å²) in [5.41, 5.74) is 0.635. The van der Waals surface area contributed by atoms with Crippen molar-refractivity contribution in [3.05, 3.63) is 24.3 Å². The van der Waals surface area contributed by atoms with Crippen molar-refractivity contribution in [2.45, 2.75) is 36.1 Å². The van der Waals surface area contributed by atoms with Crippen molar-refractivity contribution in [3.63, 3.8) is 0 Å². The summed E-state index contributed by atoms with van der Waals surface area (Å²) >= 11 is 1.26. The first-order valence-electron chi connectivity index (χ1n) is 7.14. The topological polar surface area (TPSA) is 49.4 Å². The summed E-state index contributed by atoms with van der Waals surface area (Å²) < 4.78 is 37.4. The number of nitrogens with one attached hydrogen (secondary N) is 1. The van der Waals surface area contributed by atoms with Crippen molar-refractivity contribution in [1.82, 2.24) is 4.90 Å². The average Bonchev–Trinajstić information content (AvgIpc) is 2.43. The molecule has 0 saturated carbocycles. The zero-order chi connectivity index (χ0) is 17.0. The van der Waals surface area contributed by atoms with Gasteiger partial charge in [-0.15, -0.1) is 11.8 Å². The van der Waals surface area contributed by atoms with Crippen LogP contribution < -0.4 is 5.32 Å². The van der Waals surface area contributed by atoms with Crippen molar-refractivity contribution in [2.24, 2.45) is 0 Å². The number of likely N-dealkylation sites (tertiary alicyclic amines) is 1. The molecule has 1 fully saturated rings. The SMILES string of the molecule is CC(=O)Nc1ccc(SC2CCCN(CC(F)(F)F)C2=O)cc1. The number of nitrogens with zero attached hydrogens (tertiary/aromatic N) is 1. The third kappa shape index (κ3) is 5.46. The molecule has 0 bridgehead atoms. The van der Waals surface area contributed by atoms with E-state index >= 15 is 0 Å². The quantitative estimate of drug-likeness (QED) is 0.910. The van der Waals surface area contributed by atoms with Gasteiger partial charge in [-0.2, -0.15) is 13.2 Å². The van der Waals surface area contributed by atoms with Crippen LogP contribution in [0.3, 0.4) is 0 Å². The highest BCUT2D eigenvalue weighted by molar-refractivity contribution is 8.00. The van der Waals surface area contributed by atoms with Gasteiger partial charge in [-0.3, -0.25) is 9.59 Å². The Labute approximate surface area is 136 Å². The Hall–Kier alpha value is -1.70. The van der Waals surface area contributed by atoms with Gasteiger partial charge < -0.3 is 10.2 Å². The number of benzene rings is 1. The van der Waals surface area contributed by atoms with E-state index in [0.29, 0.717) is 18.5 Å². The summed E-state index contributed by atoms with van der Waals surface area (Å²) in [7, 11) is 0. The number of halogens is 3. The Kier molecular flexibility index (Phi) is 5.56. The zero-order valence-electron chi connectivity index (χ0n) is 12.5. The molecule has 126 valence electrons. The second kappa shape index (κ2) is 7.25. The molecule has 23 heavy (non-hydrogen) atoms. The van der Waals surface area contributed by atoms with Crippen LogP contribution in [0.2, 0.25) is 0 Å². The summed E-state index contributed by atoms with van der Waals surface area (Å²) in [4.78, 5) is 24.8. The zero-order valence-corrected chi connectivity index (χ0v) is 13.3. The normalized spacial score (nSPS) is 18.9. The second-order valence-corrected chi connectivity index (χ2v) is 6.61. The van der Waals surface area contributed by atoms with E-state index in [2.05, 4.69) is 5.32 Å². The first-order chi connectivity index (χ1) is 10.7. The number of carbonyl (C=O) groups excluding carboxylic acids is 2. The molecule has 1 aliphatic rings. The van der Waals surface area contributed by atoms with Gasteiger partial charge in [0.2, 0.25) is 11.8 Å². The van der Waals surface area contributed by atoms with Gasteiger partial charge in [-0.1, -0.05) is 0 Å². The molecule has 2 amide bonds. The van der Waals surface area contributed by atoms with Crippen LogP contribution in [0.25, 0.3) is 0 Å². The highest BCUT2D eigenvalue weighted by atomic mass is 32.2. The van der Waals surface area contributed by atoms with E-state index in [9.17, 15) is 22.8 Å². The second-order valence-electron chi connectivity index (χ2n) is 5.33. The summed E-state index contributed by atoms with van der Waals surface area (Å²) in [6.07, 6.45) is -3.25. The van der Waals surface area contributed by atoms with E-state index in [0.717, 1.165) is 9.80 Å². The molecule has 8 heteroatoms. The fourth-order valence-corrected chi connectivity index (χ4v) is 3.53. The average molecular weight is 346 g/mol. The van der Waals surface area contributed by atoms with Crippen molar-refractivity contribution >= 4 is 29.3 Å². The number of thioether (sulfide) groups is 1. The van der Waals surface area contributed by atoms with Gasteiger partial charge in [0.05, 0.1) is 5.25 Å². The lowest BCUT2D eigenvalue weighted by Gasteiger charge is -2.32. The van der Waals surface area contributed by atoms with Crippen LogP contribution in [-0.2, 0) is 9.59 Å². The Morgan fingerprint density at radius 1 is 1.35 bits per heavy atom. The van der Waals surface area contributed by atoms with E-state index in [-0.39, 0.29) is 12.5 Å². The van der Waals surface area contributed by atoms with Crippen LogP contribution in [0.4, 0.5) is 18.9 Å². The molecule has 2 rings (SSSR count). The summed E-state index contributed by atoms with van der Waals surface area (Å²) in [5, 5.41) is 2.13. The van der Waals surface area contributed by atoms with Crippen molar-refractivity contribution < 1.29 is 22.8 Å². The van der Waals surface area contributed by atoms with Gasteiger partial charge in [0.25, 0.3) is 0 Å². The van der Waals surface area contributed by atoms with Gasteiger partial charge in [0.15, 0.2) is 0 Å². The molecular weight excluding hydrogens is 329 g/mol. The Balaban J connectivity index is 1.98. The van der Waals surface area contributed by atoms with E-state index in [4.69, 9.17) is 0 Å². The van der Waals surface area contributed by atoms with Crippen LogP contribution in [0.15, 0.2) is 29.2 Å². The van der Waals surface area contributed by atoms with E-state index in [1.165, 1.54) is 18.7 Å². The molecule has 1 atom stereocenters. The lowest BCUT2D eigenvalue weighted by molar-refractivity contribution is -0.162. The van der Waals surface area contributed by atoms with Crippen molar-refractivity contribution in [3.8, 4) is 0 Å². The first-order valence-corrected chi connectivity index (χ1v) is 8.02. The predicted molar refractivity (Wildman–Crippen MR) is 82.3 cm³/mol. The number of carbonyl (C=O) groups is 2. The molecule has 1 aromatic carbocycles. The minimum Gasteiger partial charge on any atom is -0.333 e. The predicted octanol–water partition coefficient (Wildman–Crippen LogP) is 3.29. The maximum atomic E-state index is 12.5. The lowest BCUT2D eigenvalue weighted by atomic mass is 10.1. The molecule has 1 heterocycles.